The minimum Gasteiger partial charge on any atom is -0.488 e. The van der Waals surface area contributed by atoms with Crippen molar-refractivity contribution in [3.05, 3.63) is 63.6 Å². The molecule has 1 saturated heterocycles. The van der Waals surface area contributed by atoms with Gasteiger partial charge in [0.15, 0.2) is 0 Å². The summed E-state index contributed by atoms with van der Waals surface area (Å²) in [5.74, 6) is 0.754. The number of hydrogen-bond donors (Lipinski definition) is 2. The Kier molecular flexibility index (Phi) is 5.64. The molecule has 1 heterocycles. The summed E-state index contributed by atoms with van der Waals surface area (Å²) in [4.78, 5) is 0. The molecule has 3 N–H and O–H groups in total. The number of benzene rings is 2. The Labute approximate surface area is 151 Å². The van der Waals surface area contributed by atoms with E-state index in [1.165, 1.54) is 0 Å². The largest absolute Gasteiger partial charge is 0.488 e. The molecule has 0 saturated carbocycles. The van der Waals surface area contributed by atoms with Gasteiger partial charge in [-0.2, -0.15) is 0 Å². The van der Waals surface area contributed by atoms with Crippen LogP contribution in [0.15, 0.2) is 42.5 Å². The third kappa shape index (κ3) is 4.02. The fourth-order valence-electron chi connectivity index (χ4n) is 2.65. The van der Waals surface area contributed by atoms with Crippen molar-refractivity contribution < 1.29 is 14.6 Å². The van der Waals surface area contributed by atoms with E-state index in [9.17, 15) is 5.11 Å². The lowest BCUT2D eigenvalue weighted by Gasteiger charge is -2.20. The van der Waals surface area contributed by atoms with E-state index >= 15 is 0 Å². The van der Waals surface area contributed by atoms with E-state index in [0.29, 0.717) is 22.2 Å². The molecule has 0 spiro atoms. The Hall–Kier alpha value is -1.30. The molecule has 3 atom stereocenters. The monoisotopic (exact) mass is 367 g/mol. The van der Waals surface area contributed by atoms with Crippen LogP contribution in [-0.4, -0.2) is 24.4 Å². The molecule has 0 amide bonds. The summed E-state index contributed by atoms with van der Waals surface area (Å²) < 4.78 is 11.1. The zero-order chi connectivity index (χ0) is 17.1. The Bertz CT molecular complexity index is 687. The summed E-state index contributed by atoms with van der Waals surface area (Å²) in [6.45, 7) is 1.35. The molecule has 1 unspecified atom stereocenters. The van der Waals surface area contributed by atoms with Gasteiger partial charge in [0, 0.05) is 6.42 Å². The third-order valence-corrected chi connectivity index (χ3v) is 4.82. The number of hydrogen-bond acceptors (Lipinski definition) is 4. The van der Waals surface area contributed by atoms with E-state index in [0.717, 1.165) is 24.3 Å². The number of aliphatic hydroxyl groups excluding tert-OH is 1. The first kappa shape index (κ1) is 17.5. The van der Waals surface area contributed by atoms with Gasteiger partial charge in [-0.05, 0) is 35.4 Å². The highest BCUT2D eigenvalue weighted by atomic mass is 35.5. The van der Waals surface area contributed by atoms with Crippen LogP contribution in [0.4, 0.5) is 0 Å². The minimum atomic E-state index is -0.855. The zero-order valence-corrected chi connectivity index (χ0v) is 14.5. The van der Waals surface area contributed by atoms with Crippen molar-refractivity contribution >= 4 is 23.2 Å². The SMILES string of the molecule is N[C@H](c1ccc(Cl)c(Cl)c1)[C@@H](O)c1ccc(OC2CCOC2)cc1. The van der Waals surface area contributed by atoms with Gasteiger partial charge in [-0.1, -0.05) is 41.4 Å². The summed E-state index contributed by atoms with van der Waals surface area (Å²) >= 11 is 11.9. The Morgan fingerprint density at radius 3 is 2.42 bits per heavy atom. The summed E-state index contributed by atoms with van der Waals surface area (Å²) in [5.41, 5.74) is 7.59. The van der Waals surface area contributed by atoms with Gasteiger partial charge in [-0.15, -0.1) is 0 Å². The Morgan fingerprint density at radius 1 is 1.08 bits per heavy atom. The second kappa shape index (κ2) is 7.72. The van der Waals surface area contributed by atoms with Crippen LogP contribution < -0.4 is 10.5 Å². The molecule has 2 aromatic rings. The summed E-state index contributed by atoms with van der Waals surface area (Å²) in [6.07, 6.45) is 0.136. The van der Waals surface area contributed by atoms with Gasteiger partial charge >= 0.3 is 0 Å². The van der Waals surface area contributed by atoms with Gasteiger partial charge in [0.1, 0.15) is 11.9 Å². The van der Waals surface area contributed by atoms with Crippen LogP contribution in [0.2, 0.25) is 10.0 Å². The summed E-state index contributed by atoms with van der Waals surface area (Å²) in [6, 6.07) is 11.8. The molecule has 24 heavy (non-hydrogen) atoms. The first-order chi connectivity index (χ1) is 11.5. The van der Waals surface area contributed by atoms with Crippen LogP contribution >= 0.6 is 23.2 Å². The topological polar surface area (TPSA) is 64.7 Å². The Morgan fingerprint density at radius 2 is 1.79 bits per heavy atom. The smallest absolute Gasteiger partial charge is 0.124 e. The van der Waals surface area contributed by atoms with Crippen molar-refractivity contribution in [1.29, 1.82) is 0 Å². The predicted octanol–water partition coefficient (Wildman–Crippen LogP) is 3.89. The van der Waals surface area contributed by atoms with Gasteiger partial charge in [0.25, 0.3) is 0 Å². The zero-order valence-electron chi connectivity index (χ0n) is 13.0. The van der Waals surface area contributed by atoms with Gasteiger partial charge < -0.3 is 20.3 Å². The maximum atomic E-state index is 10.5. The van der Waals surface area contributed by atoms with Crippen LogP contribution in [-0.2, 0) is 4.74 Å². The molecule has 1 aliphatic heterocycles. The molecule has 0 bridgehead atoms. The molecule has 6 heteroatoms. The maximum Gasteiger partial charge on any atom is 0.124 e. The van der Waals surface area contributed by atoms with E-state index in [2.05, 4.69) is 0 Å². The molecular formula is C18H19Cl2NO3. The van der Waals surface area contributed by atoms with Crippen molar-refractivity contribution in [2.24, 2.45) is 5.73 Å². The minimum absolute atomic E-state index is 0.0965. The van der Waals surface area contributed by atoms with Gasteiger partial charge in [0.05, 0.1) is 35.4 Å². The van der Waals surface area contributed by atoms with Crippen LogP contribution in [0, 0.1) is 0 Å². The lowest BCUT2D eigenvalue weighted by Crippen LogP contribution is -2.20. The number of aliphatic hydroxyl groups is 1. The van der Waals surface area contributed by atoms with Gasteiger partial charge in [-0.25, -0.2) is 0 Å². The molecule has 0 radical (unpaired) electrons. The van der Waals surface area contributed by atoms with Crippen LogP contribution in [0.1, 0.15) is 29.7 Å². The van der Waals surface area contributed by atoms with E-state index < -0.39 is 12.1 Å². The maximum absolute atomic E-state index is 10.5. The van der Waals surface area contributed by atoms with Crippen molar-refractivity contribution in [2.45, 2.75) is 24.7 Å². The Balaban J connectivity index is 1.69. The quantitative estimate of drug-likeness (QED) is 0.840. The highest BCUT2D eigenvalue weighted by Gasteiger charge is 2.21. The molecule has 128 valence electrons. The van der Waals surface area contributed by atoms with E-state index in [1.54, 1.807) is 18.2 Å². The molecule has 0 aliphatic carbocycles. The first-order valence-corrected chi connectivity index (χ1v) is 8.53. The fraction of sp³-hybridized carbons (Fsp3) is 0.333. The predicted molar refractivity (Wildman–Crippen MR) is 94.6 cm³/mol. The van der Waals surface area contributed by atoms with E-state index in [4.69, 9.17) is 38.4 Å². The summed E-state index contributed by atoms with van der Waals surface area (Å²) in [5, 5.41) is 11.4. The van der Waals surface area contributed by atoms with E-state index in [-0.39, 0.29) is 6.10 Å². The summed E-state index contributed by atoms with van der Waals surface area (Å²) in [7, 11) is 0. The standard InChI is InChI=1S/C18H19Cl2NO3/c19-15-6-3-12(9-16(15)20)17(21)18(22)11-1-4-13(5-2-11)24-14-7-8-23-10-14/h1-6,9,14,17-18,22H,7-8,10,21H2/t14?,17-,18+/m1/s1. The number of nitrogens with two attached hydrogens (primary N) is 1. The van der Waals surface area contributed by atoms with Gasteiger partial charge in [0.2, 0.25) is 0 Å². The number of ether oxygens (including phenoxy) is 2. The normalized spacial score (nSPS) is 19.9. The molecular weight excluding hydrogens is 349 g/mol. The second-order valence-electron chi connectivity index (χ2n) is 5.82. The molecule has 3 rings (SSSR count). The van der Waals surface area contributed by atoms with Crippen molar-refractivity contribution in [3.63, 3.8) is 0 Å². The highest BCUT2D eigenvalue weighted by molar-refractivity contribution is 6.42. The third-order valence-electron chi connectivity index (χ3n) is 4.08. The van der Waals surface area contributed by atoms with Crippen molar-refractivity contribution in [1.82, 2.24) is 0 Å². The lowest BCUT2D eigenvalue weighted by molar-refractivity contribution is 0.140. The second-order valence-corrected chi connectivity index (χ2v) is 6.63. The number of rotatable bonds is 5. The molecule has 1 aliphatic rings. The number of halogens is 2. The van der Waals surface area contributed by atoms with Crippen LogP contribution in [0.25, 0.3) is 0 Å². The molecule has 1 fully saturated rings. The molecule has 0 aromatic heterocycles. The van der Waals surface area contributed by atoms with Gasteiger partial charge in [-0.3, -0.25) is 0 Å². The van der Waals surface area contributed by atoms with Crippen molar-refractivity contribution in [3.8, 4) is 5.75 Å². The van der Waals surface area contributed by atoms with E-state index in [1.807, 2.05) is 24.3 Å². The molecule has 2 aromatic carbocycles. The molecule has 4 nitrogen and oxygen atoms in total. The lowest BCUT2D eigenvalue weighted by atomic mass is 9.96. The average Bonchev–Trinajstić information content (AvgIpc) is 3.10. The first-order valence-electron chi connectivity index (χ1n) is 7.77. The van der Waals surface area contributed by atoms with Crippen LogP contribution in [0.3, 0.4) is 0 Å². The fourth-order valence-corrected chi connectivity index (χ4v) is 2.96. The van der Waals surface area contributed by atoms with Crippen molar-refractivity contribution in [2.75, 3.05) is 13.2 Å². The average molecular weight is 368 g/mol. The van der Waals surface area contributed by atoms with Crippen LogP contribution in [0.5, 0.6) is 5.75 Å². The highest BCUT2D eigenvalue weighted by Crippen LogP contribution is 2.31.